The zero-order valence-corrected chi connectivity index (χ0v) is 7.26. The van der Waals surface area contributed by atoms with Gasteiger partial charge in [-0.05, 0) is 12.1 Å². The number of pyridine rings is 1. The van der Waals surface area contributed by atoms with Crippen LogP contribution in [0.25, 0.3) is 0 Å². The minimum Gasteiger partial charge on any atom is -0.314 e. The monoisotopic (exact) mass is 181 g/mol. The number of hydrogen-bond acceptors (Lipinski definition) is 3. The van der Waals surface area contributed by atoms with Crippen LogP contribution < -0.4 is 10.6 Å². The molecule has 13 heavy (non-hydrogen) atoms. The molecule has 0 aromatic carbocycles. The summed E-state index contributed by atoms with van der Waals surface area (Å²) in [6.45, 7) is 2.69. The molecule has 1 unspecified atom stereocenters. The van der Waals surface area contributed by atoms with Crippen molar-refractivity contribution in [2.24, 2.45) is 0 Å². The van der Waals surface area contributed by atoms with E-state index in [1.807, 2.05) is 0 Å². The van der Waals surface area contributed by atoms with Gasteiger partial charge in [0, 0.05) is 25.8 Å². The van der Waals surface area contributed by atoms with E-state index in [0.29, 0.717) is 0 Å². The van der Waals surface area contributed by atoms with Crippen molar-refractivity contribution in [1.29, 1.82) is 0 Å². The van der Waals surface area contributed by atoms with Crippen molar-refractivity contribution in [2.45, 2.75) is 6.04 Å². The van der Waals surface area contributed by atoms with Gasteiger partial charge in [0.2, 0.25) is 0 Å². The maximum Gasteiger partial charge on any atom is 0.126 e. The van der Waals surface area contributed by atoms with E-state index in [0.717, 1.165) is 25.3 Å². The van der Waals surface area contributed by atoms with Gasteiger partial charge in [0.25, 0.3) is 0 Å². The fraction of sp³-hybridized carbons (Fsp3) is 0.444. The summed E-state index contributed by atoms with van der Waals surface area (Å²) in [6, 6.07) is 2.98. The van der Waals surface area contributed by atoms with Gasteiger partial charge >= 0.3 is 0 Å². The maximum atomic E-state index is 12.8. The number of rotatable bonds is 1. The number of hydrogen-bond donors (Lipinski definition) is 2. The van der Waals surface area contributed by atoms with Gasteiger partial charge in [-0.15, -0.1) is 0 Å². The lowest BCUT2D eigenvalue weighted by molar-refractivity contribution is 0.421. The minimum absolute atomic E-state index is 0.143. The molecule has 0 spiro atoms. The van der Waals surface area contributed by atoms with Crippen molar-refractivity contribution in [2.75, 3.05) is 19.6 Å². The van der Waals surface area contributed by atoms with Gasteiger partial charge in [-0.25, -0.2) is 4.39 Å². The van der Waals surface area contributed by atoms with Crippen LogP contribution in [-0.4, -0.2) is 24.6 Å². The summed E-state index contributed by atoms with van der Waals surface area (Å²) in [5.74, 6) is -0.225. The highest BCUT2D eigenvalue weighted by Gasteiger charge is 2.15. The summed E-state index contributed by atoms with van der Waals surface area (Å²) < 4.78 is 12.8. The van der Waals surface area contributed by atoms with E-state index < -0.39 is 0 Å². The van der Waals surface area contributed by atoms with E-state index in [-0.39, 0.29) is 11.9 Å². The highest BCUT2D eigenvalue weighted by atomic mass is 19.1. The molecule has 2 N–H and O–H groups in total. The molecule has 1 aliphatic heterocycles. The molecule has 0 bridgehead atoms. The van der Waals surface area contributed by atoms with Gasteiger partial charge in [-0.3, -0.25) is 4.98 Å². The summed E-state index contributed by atoms with van der Waals surface area (Å²) in [4.78, 5) is 4.12. The molecule has 1 fully saturated rings. The zero-order valence-electron chi connectivity index (χ0n) is 7.26. The topological polar surface area (TPSA) is 37.0 Å². The molecule has 70 valence electrons. The third kappa shape index (κ3) is 2.02. The number of piperazine rings is 1. The number of nitrogens with one attached hydrogen (secondary N) is 2. The molecule has 0 saturated carbocycles. The lowest BCUT2D eigenvalue weighted by atomic mass is 10.1. The average molecular weight is 181 g/mol. The smallest absolute Gasteiger partial charge is 0.126 e. The first-order valence-corrected chi connectivity index (χ1v) is 4.42. The second-order valence-electron chi connectivity index (χ2n) is 3.11. The fourth-order valence-electron chi connectivity index (χ4n) is 1.47. The number of nitrogens with zero attached hydrogens (tertiary/aromatic N) is 1. The normalized spacial score (nSPS) is 23.0. The molecule has 2 heterocycles. The molecule has 1 saturated heterocycles. The van der Waals surface area contributed by atoms with Crippen LogP contribution in [0.1, 0.15) is 11.7 Å². The number of aromatic nitrogens is 1. The first-order valence-electron chi connectivity index (χ1n) is 4.42. The van der Waals surface area contributed by atoms with Gasteiger partial charge in [0.1, 0.15) is 5.82 Å². The molecule has 0 radical (unpaired) electrons. The van der Waals surface area contributed by atoms with Crippen LogP contribution in [-0.2, 0) is 0 Å². The SMILES string of the molecule is Fc1ccnc(C2CNCCN2)c1. The Hall–Kier alpha value is -1.00. The largest absolute Gasteiger partial charge is 0.314 e. The molecule has 3 nitrogen and oxygen atoms in total. The highest BCUT2D eigenvalue weighted by Crippen LogP contribution is 2.11. The Balaban J connectivity index is 2.14. The molecule has 1 aromatic rings. The van der Waals surface area contributed by atoms with E-state index in [1.165, 1.54) is 18.3 Å². The zero-order chi connectivity index (χ0) is 9.10. The average Bonchev–Trinajstić information content (AvgIpc) is 2.19. The standard InChI is InChI=1S/C9H12FN3/c10-7-1-2-12-8(5-7)9-6-11-3-4-13-9/h1-2,5,9,11,13H,3-4,6H2. The summed E-state index contributed by atoms with van der Waals surface area (Å²) in [6.07, 6.45) is 1.50. The molecule has 1 aliphatic rings. The van der Waals surface area contributed by atoms with Gasteiger partial charge in [0.15, 0.2) is 0 Å². The molecule has 2 rings (SSSR count). The van der Waals surface area contributed by atoms with Crippen molar-refractivity contribution in [1.82, 2.24) is 15.6 Å². The van der Waals surface area contributed by atoms with Crippen molar-refractivity contribution in [3.63, 3.8) is 0 Å². The Bertz CT molecular complexity index is 284. The molecular weight excluding hydrogens is 169 g/mol. The van der Waals surface area contributed by atoms with Gasteiger partial charge in [-0.2, -0.15) is 0 Å². The Kier molecular flexibility index (Phi) is 2.52. The molecule has 0 aliphatic carbocycles. The van der Waals surface area contributed by atoms with E-state index in [2.05, 4.69) is 15.6 Å². The summed E-state index contributed by atoms with van der Waals surface area (Å²) >= 11 is 0. The van der Waals surface area contributed by atoms with Crippen molar-refractivity contribution >= 4 is 0 Å². The predicted octanol–water partition coefficient (Wildman–Crippen LogP) is 0.455. The lowest BCUT2D eigenvalue weighted by Crippen LogP contribution is -2.42. The summed E-state index contributed by atoms with van der Waals surface area (Å²) in [7, 11) is 0. The molecular formula is C9H12FN3. The van der Waals surface area contributed by atoms with Crippen molar-refractivity contribution in [3.05, 3.63) is 29.8 Å². The molecule has 0 amide bonds. The molecule has 1 atom stereocenters. The van der Waals surface area contributed by atoms with Crippen LogP contribution in [0.2, 0.25) is 0 Å². The van der Waals surface area contributed by atoms with E-state index >= 15 is 0 Å². The Morgan fingerprint density at radius 1 is 1.46 bits per heavy atom. The van der Waals surface area contributed by atoms with Crippen LogP contribution in [0.3, 0.4) is 0 Å². The second-order valence-corrected chi connectivity index (χ2v) is 3.11. The highest BCUT2D eigenvalue weighted by molar-refractivity contribution is 5.11. The molecule has 1 aromatic heterocycles. The Labute approximate surface area is 76.4 Å². The first-order chi connectivity index (χ1) is 6.36. The van der Waals surface area contributed by atoms with Crippen LogP contribution in [0.15, 0.2) is 18.3 Å². The van der Waals surface area contributed by atoms with Crippen molar-refractivity contribution in [3.8, 4) is 0 Å². The number of halogens is 1. The van der Waals surface area contributed by atoms with E-state index in [4.69, 9.17) is 0 Å². The van der Waals surface area contributed by atoms with E-state index in [1.54, 1.807) is 0 Å². The van der Waals surface area contributed by atoms with Crippen LogP contribution in [0, 0.1) is 5.82 Å². The molecule has 4 heteroatoms. The lowest BCUT2D eigenvalue weighted by Gasteiger charge is -2.23. The quantitative estimate of drug-likeness (QED) is 0.660. The van der Waals surface area contributed by atoms with Gasteiger partial charge < -0.3 is 10.6 Å². The minimum atomic E-state index is -0.225. The van der Waals surface area contributed by atoms with Crippen LogP contribution in [0.5, 0.6) is 0 Å². The van der Waals surface area contributed by atoms with Gasteiger partial charge in [-0.1, -0.05) is 0 Å². The fourth-order valence-corrected chi connectivity index (χ4v) is 1.47. The van der Waals surface area contributed by atoms with Gasteiger partial charge in [0.05, 0.1) is 11.7 Å². The third-order valence-electron chi connectivity index (χ3n) is 2.14. The van der Waals surface area contributed by atoms with Crippen LogP contribution >= 0.6 is 0 Å². The summed E-state index contributed by atoms with van der Waals surface area (Å²) in [5, 5.41) is 6.50. The maximum absolute atomic E-state index is 12.8. The first kappa shape index (κ1) is 8.59. The third-order valence-corrected chi connectivity index (χ3v) is 2.14. The predicted molar refractivity (Wildman–Crippen MR) is 47.8 cm³/mol. The second kappa shape index (κ2) is 3.81. The Morgan fingerprint density at radius 2 is 2.38 bits per heavy atom. The van der Waals surface area contributed by atoms with Crippen LogP contribution in [0.4, 0.5) is 4.39 Å². The van der Waals surface area contributed by atoms with Crippen molar-refractivity contribution < 1.29 is 4.39 Å². The summed E-state index contributed by atoms with van der Waals surface area (Å²) in [5.41, 5.74) is 0.771. The van der Waals surface area contributed by atoms with E-state index in [9.17, 15) is 4.39 Å². The Morgan fingerprint density at radius 3 is 3.08 bits per heavy atom.